The molecule has 1 rings (SSSR count). The largest absolute Gasteiger partial charge is 0.355 e. The van der Waals surface area contributed by atoms with Crippen molar-refractivity contribution in [2.75, 3.05) is 26.2 Å². The van der Waals surface area contributed by atoms with Crippen molar-refractivity contribution in [3.05, 3.63) is 0 Å². The van der Waals surface area contributed by atoms with Crippen LogP contribution >= 0.6 is 0 Å². The van der Waals surface area contributed by atoms with Crippen LogP contribution in [0.25, 0.3) is 0 Å². The van der Waals surface area contributed by atoms with Gasteiger partial charge in [-0.2, -0.15) is 0 Å². The first kappa shape index (κ1) is 16.0. The maximum Gasteiger partial charge on any atom is 0.239 e. The fourth-order valence-corrected chi connectivity index (χ4v) is 2.16. The van der Waals surface area contributed by atoms with Crippen molar-refractivity contribution in [1.29, 1.82) is 0 Å². The van der Waals surface area contributed by atoms with Gasteiger partial charge in [-0.15, -0.1) is 0 Å². The van der Waals surface area contributed by atoms with Gasteiger partial charge in [-0.25, -0.2) is 0 Å². The van der Waals surface area contributed by atoms with Crippen molar-refractivity contribution in [3.8, 4) is 0 Å². The van der Waals surface area contributed by atoms with Crippen molar-refractivity contribution >= 4 is 11.8 Å². The molecule has 1 aliphatic rings. The van der Waals surface area contributed by atoms with Crippen LogP contribution in [0.5, 0.6) is 0 Å². The Morgan fingerprint density at radius 2 is 1.95 bits per heavy atom. The number of amides is 2. The quantitative estimate of drug-likeness (QED) is 0.663. The van der Waals surface area contributed by atoms with Gasteiger partial charge in [0.05, 0.1) is 6.54 Å². The van der Waals surface area contributed by atoms with E-state index in [9.17, 15) is 9.59 Å². The van der Waals surface area contributed by atoms with Crippen LogP contribution in [0.1, 0.15) is 40.0 Å². The zero-order chi connectivity index (χ0) is 14.3. The lowest BCUT2D eigenvalue weighted by molar-refractivity contribution is -0.127. The number of nitrogens with one attached hydrogen (secondary N) is 3. The molecule has 1 fully saturated rings. The number of carbonyl (C=O) groups is 2. The van der Waals surface area contributed by atoms with Gasteiger partial charge in [-0.05, 0) is 37.3 Å². The van der Waals surface area contributed by atoms with E-state index in [0.717, 1.165) is 19.5 Å². The van der Waals surface area contributed by atoms with Crippen LogP contribution in [0.3, 0.4) is 0 Å². The third-order valence-electron chi connectivity index (χ3n) is 3.17. The minimum Gasteiger partial charge on any atom is -0.355 e. The highest BCUT2D eigenvalue weighted by molar-refractivity contribution is 5.84. The molecule has 1 heterocycles. The molecule has 1 atom stereocenters. The summed E-state index contributed by atoms with van der Waals surface area (Å²) in [7, 11) is 0. The fraction of sp³-hybridized carbons (Fsp3) is 0.857. The van der Waals surface area contributed by atoms with Crippen molar-refractivity contribution in [3.63, 3.8) is 0 Å². The highest BCUT2D eigenvalue weighted by Gasteiger charge is 2.17. The van der Waals surface area contributed by atoms with Gasteiger partial charge in [0.25, 0.3) is 0 Å². The topological polar surface area (TPSA) is 70.2 Å². The second-order valence-corrected chi connectivity index (χ2v) is 6.51. The molecule has 0 aromatic heterocycles. The van der Waals surface area contributed by atoms with E-state index in [2.05, 4.69) is 16.0 Å². The molecule has 0 saturated carbocycles. The first-order valence-corrected chi connectivity index (χ1v) is 7.11. The molecule has 3 N–H and O–H groups in total. The first-order chi connectivity index (χ1) is 8.87. The van der Waals surface area contributed by atoms with Gasteiger partial charge in [0, 0.05) is 13.0 Å². The molecular formula is C14H27N3O2. The van der Waals surface area contributed by atoms with Crippen molar-refractivity contribution in [1.82, 2.24) is 16.0 Å². The van der Waals surface area contributed by atoms with Gasteiger partial charge in [0.2, 0.25) is 11.8 Å². The molecule has 110 valence electrons. The number of hydrogen-bond acceptors (Lipinski definition) is 3. The summed E-state index contributed by atoms with van der Waals surface area (Å²) in [5, 5.41) is 8.80. The van der Waals surface area contributed by atoms with Gasteiger partial charge in [0.15, 0.2) is 0 Å². The maximum absolute atomic E-state index is 11.5. The summed E-state index contributed by atoms with van der Waals surface area (Å²) in [5.74, 6) is 0.506. The Labute approximate surface area is 115 Å². The Hall–Kier alpha value is -1.10. The molecular weight excluding hydrogens is 242 g/mol. The van der Waals surface area contributed by atoms with Crippen LogP contribution < -0.4 is 16.0 Å². The summed E-state index contributed by atoms with van der Waals surface area (Å²) < 4.78 is 0. The highest BCUT2D eigenvalue weighted by Crippen LogP contribution is 2.17. The van der Waals surface area contributed by atoms with Crippen LogP contribution in [0.2, 0.25) is 0 Å². The Bertz CT molecular complexity index is 304. The van der Waals surface area contributed by atoms with Crippen LogP contribution in [-0.4, -0.2) is 38.0 Å². The number of carbonyl (C=O) groups excluding carboxylic acids is 2. The summed E-state index contributed by atoms with van der Waals surface area (Å²) in [4.78, 5) is 23.1. The predicted octanol–water partition coefficient (Wildman–Crippen LogP) is 0.655. The molecule has 19 heavy (non-hydrogen) atoms. The summed E-state index contributed by atoms with van der Waals surface area (Å²) in [5.41, 5.74) is -0.0456. The van der Waals surface area contributed by atoms with Crippen LogP contribution in [0, 0.1) is 11.3 Å². The van der Waals surface area contributed by atoms with E-state index < -0.39 is 0 Å². The predicted molar refractivity (Wildman–Crippen MR) is 75.7 cm³/mol. The standard InChI is InChI=1S/C14H27N3O2/c1-14(2,3)8-12(18)17-10-13(19)16-7-5-11-4-6-15-9-11/h11,15H,4-10H2,1-3H3,(H,16,19)(H,17,18). The number of rotatable bonds is 6. The second-order valence-electron chi connectivity index (χ2n) is 6.51. The number of hydrogen-bond donors (Lipinski definition) is 3. The average Bonchev–Trinajstić information content (AvgIpc) is 2.77. The summed E-state index contributed by atoms with van der Waals surface area (Å²) in [6, 6.07) is 0. The lowest BCUT2D eigenvalue weighted by Crippen LogP contribution is -2.38. The third-order valence-corrected chi connectivity index (χ3v) is 3.17. The Morgan fingerprint density at radius 3 is 2.53 bits per heavy atom. The molecule has 1 saturated heterocycles. The van der Waals surface area contributed by atoms with E-state index in [4.69, 9.17) is 0 Å². The van der Waals surface area contributed by atoms with Gasteiger partial charge in [-0.3, -0.25) is 9.59 Å². The van der Waals surface area contributed by atoms with E-state index >= 15 is 0 Å². The van der Waals surface area contributed by atoms with Crippen molar-refractivity contribution in [2.24, 2.45) is 11.3 Å². The zero-order valence-corrected chi connectivity index (χ0v) is 12.3. The van der Waals surface area contributed by atoms with Gasteiger partial charge in [-0.1, -0.05) is 20.8 Å². The Morgan fingerprint density at radius 1 is 1.21 bits per heavy atom. The molecule has 0 bridgehead atoms. The lowest BCUT2D eigenvalue weighted by atomic mass is 9.92. The normalized spacial score (nSPS) is 19.2. The molecule has 0 radical (unpaired) electrons. The third kappa shape index (κ3) is 7.82. The zero-order valence-electron chi connectivity index (χ0n) is 12.3. The van der Waals surface area contributed by atoms with Crippen molar-refractivity contribution in [2.45, 2.75) is 40.0 Å². The molecule has 0 aliphatic carbocycles. The molecule has 1 aliphatic heterocycles. The van der Waals surface area contributed by atoms with Crippen LogP contribution in [0.4, 0.5) is 0 Å². The monoisotopic (exact) mass is 269 g/mol. The van der Waals surface area contributed by atoms with E-state index in [0.29, 0.717) is 18.9 Å². The first-order valence-electron chi connectivity index (χ1n) is 7.11. The minimum atomic E-state index is -0.104. The lowest BCUT2D eigenvalue weighted by Gasteiger charge is -2.17. The fourth-order valence-electron chi connectivity index (χ4n) is 2.16. The summed E-state index contributed by atoms with van der Waals surface area (Å²) in [6.07, 6.45) is 2.64. The highest BCUT2D eigenvalue weighted by atomic mass is 16.2. The van der Waals surface area contributed by atoms with E-state index in [1.807, 2.05) is 20.8 Å². The summed E-state index contributed by atoms with van der Waals surface area (Å²) >= 11 is 0. The minimum absolute atomic E-state index is 0.0456. The van der Waals surface area contributed by atoms with E-state index in [-0.39, 0.29) is 23.8 Å². The maximum atomic E-state index is 11.5. The SMILES string of the molecule is CC(C)(C)CC(=O)NCC(=O)NCCC1CCNC1. The van der Waals surface area contributed by atoms with Gasteiger partial charge >= 0.3 is 0 Å². The second kappa shape index (κ2) is 7.48. The Balaban J connectivity index is 2.05. The van der Waals surface area contributed by atoms with E-state index in [1.54, 1.807) is 0 Å². The molecule has 2 amide bonds. The van der Waals surface area contributed by atoms with Crippen LogP contribution in [0.15, 0.2) is 0 Å². The van der Waals surface area contributed by atoms with Gasteiger partial charge in [0.1, 0.15) is 0 Å². The molecule has 1 unspecified atom stereocenters. The summed E-state index contributed by atoms with van der Waals surface area (Å²) in [6.45, 7) is 8.92. The van der Waals surface area contributed by atoms with Crippen LogP contribution in [-0.2, 0) is 9.59 Å². The van der Waals surface area contributed by atoms with E-state index in [1.165, 1.54) is 6.42 Å². The molecule has 0 aromatic rings. The van der Waals surface area contributed by atoms with Crippen molar-refractivity contribution < 1.29 is 9.59 Å². The molecule has 5 heteroatoms. The van der Waals surface area contributed by atoms with Gasteiger partial charge < -0.3 is 16.0 Å². The molecule has 0 aromatic carbocycles. The molecule has 5 nitrogen and oxygen atoms in total. The average molecular weight is 269 g/mol. The smallest absolute Gasteiger partial charge is 0.239 e. The Kier molecular flexibility index (Phi) is 6.28. The molecule has 0 spiro atoms.